The van der Waals surface area contributed by atoms with Crippen LogP contribution < -0.4 is 0 Å². The summed E-state index contributed by atoms with van der Waals surface area (Å²) in [6.07, 6.45) is 4.18. The number of amides is 1. The summed E-state index contributed by atoms with van der Waals surface area (Å²) in [7, 11) is 0. The fourth-order valence-corrected chi connectivity index (χ4v) is 4.46. The van der Waals surface area contributed by atoms with Gasteiger partial charge in [-0.1, -0.05) is 65.8 Å². The molecule has 0 bridgehead atoms. The molecule has 0 spiro atoms. The van der Waals surface area contributed by atoms with Crippen LogP contribution in [0, 0.1) is 0 Å². The van der Waals surface area contributed by atoms with E-state index in [2.05, 4.69) is 68.6 Å². The van der Waals surface area contributed by atoms with E-state index in [4.69, 9.17) is 4.52 Å². The van der Waals surface area contributed by atoms with Crippen molar-refractivity contribution in [3.05, 3.63) is 102 Å². The van der Waals surface area contributed by atoms with E-state index in [1.54, 1.807) is 12.4 Å². The third-order valence-corrected chi connectivity index (χ3v) is 6.22. The van der Waals surface area contributed by atoms with Gasteiger partial charge in [-0.25, -0.2) is 0 Å². The lowest BCUT2D eigenvalue weighted by Crippen LogP contribution is -2.49. The highest BCUT2D eigenvalue weighted by Crippen LogP contribution is 2.29. The second-order valence-electron chi connectivity index (χ2n) is 8.39. The Morgan fingerprint density at radius 2 is 1.47 bits per heavy atom. The normalized spacial score (nSPS) is 14.4. The van der Waals surface area contributed by atoms with Crippen LogP contribution in [-0.4, -0.2) is 57.0 Å². The van der Waals surface area contributed by atoms with Crippen LogP contribution in [-0.2, 0) is 11.2 Å². The van der Waals surface area contributed by atoms with E-state index in [0.717, 1.165) is 18.7 Å². The Kier molecular flexibility index (Phi) is 6.72. The molecule has 172 valence electrons. The molecule has 2 aromatic heterocycles. The summed E-state index contributed by atoms with van der Waals surface area (Å²) in [6.45, 7) is 3.07. The van der Waals surface area contributed by atoms with Crippen molar-refractivity contribution in [2.75, 3.05) is 26.2 Å². The van der Waals surface area contributed by atoms with Crippen molar-refractivity contribution in [1.29, 1.82) is 0 Å². The molecule has 3 heterocycles. The van der Waals surface area contributed by atoms with E-state index in [1.807, 2.05) is 29.2 Å². The molecule has 0 atom stereocenters. The number of piperazine rings is 1. The first-order chi connectivity index (χ1) is 16.8. The first-order valence-corrected chi connectivity index (χ1v) is 11.6. The molecule has 1 saturated heterocycles. The number of benzene rings is 2. The van der Waals surface area contributed by atoms with Crippen molar-refractivity contribution in [3.63, 3.8) is 0 Å². The molecule has 1 aliphatic heterocycles. The zero-order chi connectivity index (χ0) is 23.2. The first-order valence-electron chi connectivity index (χ1n) is 11.6. The molecule has 7 nitrogen and oxygen atoms in total. The van der Waals surface area contributed by atoms with E-state index >= 15 is 0 Å². The molecular formula is C27H27N5O2. The first kappa shape index (κ1) is 22.0. The van der Waals surface area contributed by atoms with Gasteiger partial charge >= 0.3 is 0 Å². The van der Waals surface area contributed by atoms with Gasteiger partial charge in [-0.2, -0.15) is 4.98 Å². The number of nitrogens with zero attached hydrogens (tertiary/aromatic N) is 5. The summed E-state index contributed by atoms with van der Waals surface area (Å²) in [4.78, 5) is 25.7. The minimum atomic E-state index is 0.124. The lowest BCUT2D eigenvalue weighted by atomic mass is 9.96. The van der Waals surface area contributed by atoms with Crippen LogP contribution in [0.2, 0.25) is 0 Å². The Bertz CT molecular complexity index is 1150. The number of hydrogen-bond acceptors (Lipinski definition) is 6. The molecule has 0 unspecified atom stereocenters. The number of pyridine rings is 1. The largest absolute Gasteiger partial charge is 0.340 e. The minimum absolute atomic E-state index is 0.124. The second-order valence-corrected chi connectivity index (χ2v) is 8.39. The van der Waals surface area contributed by atoms with Gasteiger partial charge in [0, 0.05) is 57.0 Å². The van der Waals surface area contributed by atoms with E-state index in [9.17, 15) is 4.79 Å². The maximum absolute atomic E-state index is 12.9. The van der Waals surface area contributed by atoms with Crippen molar-refractivity contribution in [2.45, 2.75) is 18.9 Å². The predicted molar refractivity (Wildman–Crippen MR) is 129 cm³/mol. The highest BCUT2D eigenvalue weighted by Gasteiger charge is 2.28. The predicted octanol–water partition coefficient (Wildman–Crippen LogP) is 4.00. The smallest absolute Gasteiger partial charge is 0.227 e. The maximum Gasteiger partial charge on any atom is 0.227 e. The van der Waals surface area contributed by atoms with Crippen LogP contribution in [0.1, 0.15) is 29.5 Å². The van der Waals surface area contributed by atoms with Crippen molar-refractivity contribution >= 4 is 5.91 Å². The summed E-state index contributed by atoms with van der Waals surface area (Å²) in [5, 5.41) is 4.02. The molecule has 34 heavy (non-hydrogen) atoms. The van der Waals surface area contributed by atoms with Crippen LogP contribution >= 0.6 is 0 Å². The summed E-state index contributed by atoms with van der Waals surface area (Å²) >= 11 is 0. The highest BCUT2D eigenvalue weighted by atomic mass is 16.5. The van der Waals surface area contributed by atoms with Gasteiger partial charge in [0.2, 0.25) is 17.6 Å². The molecule has 1 amide bonds. The standard InChI is InChI=1S/C27H27N5O2/c33-25(12-11-24-29-27(30-34-24)23-13-15-28-16-14-23)31-17-19-32(20-18-31)26(21-7-3-1-4-8-21)22-9-5-2-6-10-22/h1-10,13-16,26H,11-12,17-20H2. The molecule has 2 aromatic carbocycles. The van der Waals surface area contributed by atoms with E-state index < -0.39 is 0 Å². The summed E-state index contributed by atoms with van der Waals surface area (Å²) < 4.78 is 5.34. The number of rotatable bonds is 7. The molecule has 1 fully saturated rings. The average Bonchev–Trinajstić information content (AvgIpc) is 3.39. The zero-order valence-electron chi connectivity index (χ0n) is 19.0. The number of carbonyl (C=O) groups excluding carboxylic acids is 1. The monoisotopic (exact) mass is 453 g/mol. The fourth-order valence-electron chi connectivity index (χ4n) is 4.46. The quantitative estimate of drug-likeness (QED) is 0.421. The number of hydrogen-bond donors (Lipinski definition) is 0. The second kappa shape index (κ2) is 10.4. The van der Waals surface area contributed by atoms with Gasteiger partial charge in [-0.3, -0.25) is 14.7 Å². The zero-order valence-corrected chi connectivity index (χ0v) is 19.0. The van der Waals surface area contributed by atoms with Crippen molar-refractivity contribution in [3.8, 4) is 11.4 Å². The van der Waals surface area contributed by atoms with Gasteiger partial charge in [0.05, 0.1) is 6.04 Å². The van der Waals surface area contributed by atoms with Crippen molar-refractivity contribution in [1.82, 2.24) is 24.9 Å². The van der Waals surface area contributed by atoms with Crippen molar-refractivity contribution in [2.24, 2.45) is 0 Å². The SMILES string of the molecule is O=C(CCc1nc(-c2ccncc2)no1)N1CCN(C(c2ccccc2)c2ccccc2)CC1. The van der Waals surface area contributed by atoms with Crippen LogP contribution in [0.5, 0.6) is 0 Å². The molecule has 0 aliphatic carbocycles. The van der Waals surface area contributed by atoms with Crippen LogP contribution in [0.3, 0.4) is 0 Å². The number of aromatic nitrogens is 3. The topological polar surface area (TPSA) is 75.4 Å². The Labute approximate surface area is 199 Å². The van der Waals surface area contributed by atoms with Gasteiger partial charge in [0.25, 0.3) is 0 Å². The average molecular weight is 454 g/mol. The van der Waals surface area contributed by atoms with E-state index in [1.165, 1.54) is 11.1 Å². The molecule has 0 N–H and O–H groups in total. The highest BCUT2D eigenvalue weighted by molar-refractivity contribution is 5.76. The molecule has 0 saturated carbocycles. The molecule has 5 rings (SSSR count). The third-order valence-electron chi connectivity index (χ3n) is 6.22. The van der Waals surface area contributed by atoms with Crippen LogP contribution in [0.25, 0.3) is 11.4 Å². The molecule has 7 heteroatoms. The maximum atomic E-state index is 12.9. The van der Waals surface area contributed by atoms with Crippen LogP contribution in [0.15, 0.2) is 89.7 Å². The lowest BCUT2D eigenvalue weighted by Gasteiger charge is -2.39. The molecule has 4 aromatic rings. The van der Waals surface area contributed by atoms with Gasteiger partial charge < -0.3 is 9.42 Å². The molecule has 1 aliphatic rings. The molecular weight excluding hydrogens is 426 g/mol. The lowest BCUT2D eigenvalue weighted by molar-refractivity contribution is -0.133. The number of aryl methyl sites for hydroxylation is 1. The Balaban J connectivity index is 1.18. The fraction of sp³-hybridized carbons (Fsp3) is 0.259. The Hall–Kier alpha value is -3.84. The van der Waals surface area contributed by atoms with E-state index in [0.29, 0.717) is 37.6 Å². The van der Waals surface area contributed by atoms with E-state index in [-0.39, 0.29) is 11.9 Å². The molecule has 0 radical (unpaired) electrons. The minimum Gasteiger partial charge on any atom is -0.340 e. The summed E-state index contributed by atoms with van der Waals surface area (Å²) in [5.74, 6) is 1.12. The van der Waals surface area contributed by atoms with Crippen molar-refractivity contribution < 1.29 is 9.32 Å². The summed E-state index contributed by atoms with van der Waals surface area (Å²) in [5.41, 5.74) is 3.39. The Morgan fingerprint density at radius 3 is 2.09 bits per heavy atom. The van der Waals surface area contributed by atoms with Gasteiger partial charge in [-0.15, -0.1) is 0 Å². The third kappa shape index (κ3) is 5.05. The van der Waals surface area contributed by atoms with Crippen LogP contribution in [0.4, 0.5) is 0 Å². The number of carbonyl (C=O) groups is 1. The summed E-state index contributed by atoms with van der Waals surface area (Å²) in [6, 6.07) is 25.0. The van der Waals surface area contributed by atoms with Gasteiger partial charge in [0.1, 0.15) is 0 Å². The Morgan fingerprint density at radius 1 is 0.853 bits per heavy atom. The van der Waals surface area contributed by atoms with Gasteiger partial charge in [-0.05, 0) is 23.3 Å². The van der Waals surface area contributed by atoms with Gasteiger partial charge in [0.15, 0.2) is 0 Å².